The summed E-state index contributed by atoms with van der Waals surface area (Å²) >= 11 is 0. The van der Waals surface area contributed by atoms with Gasteiger partial charge in [0.2, 0.25) is 5.95 Å². The van der Waals surface area contributed by atoms with Gasteiger partial charge in [-0.25, -0.2) is 4.98 Å². The fraction of sp³-hybridized carbons (Fsp3) is 0.645. The van der Waals surface area contributed by atoms with E-state index in [1.54, 1.807) is 7.11 Å². The molecule has 0 aliphatic carbocycles. The van der Waals surface area contributed by atoms with E-state index in [0.717, 1.165) is 73.5 Å². The van der Waals surface area contributed by atoms with Gasteiger partial charge in [-0.1, -0.05) is 19.4 Å². The normalized spacial score (nSPS) is 16.4. The maximum absolute atomic E-state index is 12.6. The zero-order chi connectivity index (χ0) is 30.0. The zero-order valence-electron chi connectivity index (χ0n) is 25.7. The van der Waals surface area contributed by atoms with E-state index in [1.807, 2.05) is 45.9 Å². The van der Waals surface area contributed by atoms with Gasteiger partial charge in [-0.05, 0) is 78.0 Å². The first-order valence-electron chi connectivity index (χ1n) is 14.8. The number of likely N-dealkylation sites (tertiary alicyclic amines) is 1. The van der Waals surface area contributed by atoms with Crippen molar-refractivity contribution in [3.63, 3.8) is 0 Å². The van der Waals surface area contributed by atoms with Gasteiger partial charge in [-0.3, -0.25) is 9.69 Å². The number of carbonyl (C=O) groups excluding carboxylic acids is 1. The number of nitrogens with zero attached hydrogens (tertiary/aromatic N) is 3. The minimum atomic E-state index is -0.477. The van der Waals surface area contributed by atoms with E-state index in [2.05, 4.69) is 27.1 Å². The number of aliphatic hydroxyl groups is 1. The summed E-state index contributed by atoms with van der Waals surface area (Å²) in [5.41, 5.74) is 8.23. The number of rotatable bonds is 15. The highest BCUT2D eigenvalue weighted by molar-refractivity contribution is 5.76. The van der Waals surface area contributed by atoms with Gasteiger partial charge >= 0.3 is 5.97 Å². The molecule has 1 aliphatic rings. The number of nitrogen functional groups attached to an aromatic ring is 1. The van der Waals surface area contributed by atoms with Crippen molar-refractivity contribution in [1.29, 1.82) is 0 Å². The zero-order valence-corrected chi connectivity index (χ0v) is 25.7. The molecule has 1 fully saturated rings. The molecule has 0 bridgehead atoms. The van der Waals surface area contributed by atoms with Crippen LogP contribution in [0, 0.1) is 6.92 Å². The topological polar surface area (TPSA) is 132 Å². The molecule has 10 heteroatoms. The molecule has 0 unspecified atom stereocenters. The standard InChI is InChI=1S/C31H49N5O5/c1-7-10-23(14-17-37)34-28-25(21(2)33-30(32)35-28)19-22-12-13-24(20-27(22)39-6)40-18-9-16-36-15-8-11-26(36)29(38)41-31(3,4)5/h12-13,20,23,26,37H,7-11,14-19H2,1-6H3,(H3,32,33,34,35)/t23-,26+/m0/s1. The first kappa shape index (κ1) is 32.4. The van der Waals surface area contributed by atoms with E-state index in [4.69, 9.17) is 19.9 Å². The number of nitrogens with two attached hydrogens (primary N) is 1. The predicted molar refractivity (Wildman–Crippen MR) is 162 cm³/mol. The van der Waals surface area contributed by atoms with E-state index in [1.165, 1.54) is 0 Å². The molecule has 41 heavy (non-hydrogen) atoms. The molecule has 2 heterocycles. The molecule has 1 saturated heterocycles. The molecule has 1 aromatic heterocycles. The van der Waals surface area contributed by atoms with Crippen molar-refractivity contribution in [3.05, 3.63) is 35.0 Å². The third-order valence-corrected chi connectivity index (χ3v) is 7.21. The van der Waals surface area contributed by atoms with Crippen LogP contribution >= 0.6 is 0 Å². The second-order valence-electron chi connectivity index (χ2n) is 11.7. The Morgan fingerprint density at radius 2 is 2.05 bits per heavy atom. The Bertz CT molecular complexity index is 1130. The van der Waals surface area contributed by atoms with Crippen LogP contribution in [-0.4, -0.2) is 77.0 Å². The van der Waals surface area contributed by atoms with Crippen molar-refractivity contribution in [2.45, 2.75) is 97.2 Å². The van der Waals surface area contributed by atoms with Gasteiger partial charge in [0.05, 0.1) is 13.7 Å². The molecule has 0 spiro atoms. The van der Waals surface area contributed by atoms with Gasteiger partial charge in [0, 0.05) is 42.9 Å². The maximum Gasteiger partial charge on any atom is 0.323 e. The van der Waals surface area contributed by atoms with Gasteiger partial charge in [0.1, 0.15) is 29.0 Å². The largest absolute Gasteiger partial charge is 0.496 e. The molecule has 0 amide bonds. The first-order chi connectivity index (χ1) is 19.5. The Balaban J connectivity index is 1.63. The fourth-order valence-corrected chi connectivity index (χ4v) is 5.27. The van der Waals surface area contributed by atoms with Crippen LogP contribution in [0.3, 0.4) is 0 Å². The second kappa shape index (κ2) is 15.2. The Hall–Kier alpha value is -3.11. The summed E-state index contributed by atoms with van der Waals surface area (Å²) in [7, 11) is 1.65. The van der Waals surface area contributed by atoms with E-state index < -0.39 is 5.60 Å². The molecule has 3 rings (SSSR count). The number of carbonyl (C=O) groups is 1. The monoisotopic (exact) mass is 571 g/mol. The molecule has 1 aromatic carbocycles. The van der Waals surface area contributed by atoms with Gasteiger partial charge in [-0.15, -0.1) is 0 Å². The van der Waals surface area contributed by atoms with Crippen molar-refractivity contribution in [2.75, 3.05) is 44.5 Å². The molecular weight excluding hydrogens is 522 g/mol. The highest BCUT2D eigenvalue weighted by Gasteiger charge is 2.33. The lowest BCUT2D eigenvalue weighted by molar-refractivity contribution is -0.160. The van der Waals surface area contributed by atoms with E-state index in [-0.39, 0.29) is 30.6 Å². The van der Waals surface area contributed by atoms with E-state index in [0.29, 0.717) is 25.3 Å². The number of aromatic nitrogens is 2. The highest BCUT2D eigenvalue weighted by atomic mass is 16.6. The molecule has 2 atom stereocenters. The Morgan fingerprint density at radius 1 is 1.27 bits per heavy atom. The smallest absolute Gasteiger partial charge is 0.323 e. The number of aliphatic hydroxyl groups excluding tert-OH is 1. The van der Waals surface area contributed by atoms with Crippen molar-refractivity contribution < 1.29 is 24.1 Å². The molecule has 2 aromatic rings. The predicted octanol–water partition coefficient (Wildman–Crippen LogP) is 4.50. The third kappa shape index (κ3) is 9.74. The van der Waals surface area contributed by atoms with Crippen LogP contribution in [-0.2, 0) is 16.0 Å². The number of anilines is 2. The molecule has 10 nitrogen and oxygen atoms in total. The van der Waals surface area contributed by atoms with E-state index >= 15 is 0 Å². The number of hydrogen-bond acceptors (Lipinski definition) is 10. The number of aryl methyl sites for hydroxylation is 1. The molecule has 1 aliphatic heterocycles. The maximum atomic E-state index is 12.6. The van der Waals surface area contributed by atoms with Crippen LogP contribution in [0.4, 0.5) is 11.8 Å². The van der Waals surface area contributed by atoms with Gasteiger partial charge in [-0.2, -0.15) is 4.98 Å². The van der Waals surface area contributed by atoms with Crippen LogP contribution < -0.4 is 20.5 Å². The summed E-state index contributed by atoms with van der Waals surface area (Å²) in [6.45, 7) is 12.1. The number of esters is 1. The average Bonchev–Trinajstić information content (AvgIpc) is 3.37. The van der Waals surface area contributed by atoms with Crippen molar-refractivity contribution in [2.24, 2.45) is 0 Å². The summed E-state index contributed by atoms with van der Waals surface area (Å²) in [4.78, 5) is 23.7. The Labute approximate surface area is 245 Å². The summed E-state index contributed by atoms with van der Waals surface area (Å²) < 4.78 is 17.4. The molecule has 0 radical (unpaired) electrons. The Kier molecular flexibility index (Phi) is 12.0. The van der Waals surface area contributed by atoms with Crippen LogP contribution in [0.1, 0.15) is 83.0 Å². The minimum Gasteiger partial charge on any atom is -0.496 e. The van der Waals surface area contributed by atoms with Crippen molar-refractivity contribution in [3.8, 4) is 11.5 Å². The van der Waals surface area contributed by atoms with Crippen LogP contribution in [0.25, 0.3) is 0 Å². The lowest BCUT2D eigenvalue weighted by Gasteiger charge is -2.27. The van der Waals surface area contributed by atoms with Gasteiger partial charge in [0.25, 0.3) is 0 Å². The van der Waals surface area contributed by atoms with Crippen molar-refractivity contribution in [1.82, 2.24) is 14.9 Å². The number of hydrogen-bond donors (Lipinski definition) is 3. The molecular formula is C31H49N5O5. The number of nitrogens with one attached hydrogen (secondary N) is 1. The van der Waals surface area contributed by atoms with Crippen LogP contribution in [0.2, 0.25) is 0 Å². The van der Waals surface area contributed by atoms with Crippen LogP contribution in [0.15, 0.2) is 18.2 Å². The summed E-state index contributed by atoms with van der Waals surface area (Å²) in [5, 5.41) is 13.0. The lowest BCUT2D eigenvalue weighted by atomic mass is 10.0. The first-order valence-corrected chi connectivity index (χ1v) is 14.8. The fourth-order valence-electron chi connectivity index (χ4n) is 5.27. The highest BCUT2D eigenvalue weighted by Crippen LogP contribution is 2.30. The third-order valence-electron chi connectivity index (χ3n) is 7.21. The molecule has 4 N–H and O–H groups in total. The van der Waals surface area contributed by atoms with E-state index in [9.17, 15) is 9.90 Å². The summed E-state index contributed by atoms with van der Waals surface area (Å²) in [5.74, 6) is 2.22. The molecule has 0 saturated carbocycles. The summed E-state index contributed by atoms with van der Waals surface area (Å²) in [6.07, 6.45) is 5.72. The summed E-state index contributed by atoms with van der Waals surface area (Å²) in [6, 6.07) is 5.78. The van der Waals surface area contributed by atoms with Gasteiger partial charge < -0.3 is 30.4 Å². The number of methoxy groups -OCH3 is 1. The number of benzene rings is 1. The lowest BCUT2D eigenvalue weighted by Crippen LogP contribution is -2.41. The van der Waals surface area contributed by atoms with Gasteiger partial charge in [0.15, 0.2) is 0 Å². The molecule has 228 valence electrons. The Morgan fingerprint density at radius 3 is 2.73 bits per heavy atom. The number of ether oxygens (including phenoxy) is 3. The minimum absolute atomic E-state index is 0.0927. The van der Waals surface area contributed by atoms with Crippen molar-refractivity contribution >= 4 is 17.7 Å². The second-order valence-corrected chi connectivity index (χ2v) is 11.7. The quantitative estimate of drug-likeness (QED) is 0.207. The average molecular weight is 572 g/mol. The SMILES string of the molecule is CCC[C@@H](CCO)Nc1nc(N)nc(C)c1Cc1ccc(OCCCN2CCC[C@@H]2C(=O)OC(C)(C)C)cc1OC. The van der Waals surface area contributed by atoms with Crippen LogP contribution in [0.5, 0.6) is 11.5 Å².